The van der Waals surface area contributed by atoms with Crippen LogP contribution in [0.5, 0.6) is 0 Å². The summed E-state index contributed by atoms with van der Waals surface area (Å²) in [5.74, 6) is 0. The maximum Gasteiger partial charge on any atom is 0.650 e. The van der Waals surface area contributed by atoms with Gasteiger partial charge in [-0.1, -0.05) is 4.67 Å². The normalized spacial score (nSPS) is 20.6. The molecule has 0 radical (unpaired) electrons. The van der Waals surface area contributed by atoms with Crippen molar-refractivity contribution < 1.29 is 27.9 Å². The molecule has 2 atom stereocenters. The van der Waals surface area contributed by atoms with Gasteiger partial charge >= 0.3 is 22.0 Å². The molecule has 17 heavy (non-hydrogen) atoms. The van der Waals surface area contributed by atoms with E-state index >= 15 is 0 Å². The third-order valence-corrected chi connectivity index (χ3v) is 4.82. The molecular formula is C7H15N2O6P2+. The van der Waals surface area contributed by atoms with Crippen LogP contribution in [0, 0.1) is 0 Å². The molecule has 0 saturated carbocycles. The predicted octanol–water partition coefficient (Wildman–Crippen LogP) is 1.55. The van der Waals surface area contributed by atoms with E-state index < -0.39 is 22.0 Å². The van der Waals surface area contributed by atoms with Crippen molar-refractivity contribution in [3.8, 4) is 0 Å². The van der Waals surface area contributed by atoms with Gasteiger partial charge in [0.2, 0.25) is 0 Å². The van der Waals surface area contributed by atoms with E-state index in [9.17, 15) is 18.8 Å². The number of carbonyl (C=O) groups is 1. The zero-order valence-corrected chi connectivity index (χ0v) is 11.4. The van der Waals surface area contributed by atoms with E-state index in [2.05, 4.69) is 4.52 Å². The zero-order valence-electron chi connectivity index (χ0n) is 9.61. The fraction of sp³-hybridized carbons (Fsp3) is 0.857. The Morgan fingerprint density at radius 3 is 2.59 bits per heavy atom. The minimum absolute atomic E-state index is 0.00908. The summed E-state index contributed by atoms with van der Waals surface area (Å²) in [6.45, 7) is 3.45. The first-order valence-electron chi connectivity index (χ1n) is 5.11. The van der Waals surface area contributed by atoms with Crippen molar-refractivity contribution in [3.63, 3.8) is 0 Å². The summed E-state index contributed by atoms with van der Waals surface area (Å²) in [5, 5.41) is 0. The van der Waals surface area contributed by atoms with Crippen LogP contribution in [0.2, 0.25) is 0 Å². The average molecular weight is 285 g/mol. The highest BCUT2D eigenvalue weighted by Gasteiger charge is 2.50. The Morgan fingerprint density at radius 1 is 1.41 bits per heavy atom. The van der Waals surface area contributed by atoms with Crippen molar-refractivity contribution in [2.24, 2.45) is 0 Å². The van der Waals surface area contributed by atoms with Crippen LogP contribution in [0.25, 0.3) is 0 Å². The number of rotatable bonds is 6. The second-order valence-electron chi connectivity index (χ2n) is 3.09. The average Bonchev–Trinajstić information content (AvgIpc) is 2.61. The zero-order chi connectivity index (χ0) is 13.1. The lowest BCUT2D eigenvalue weighted by Gasteiger charge is -2.19. The molecule has 2 unspecified atom stereocenters. The van der Waals surface area contributed by atoms with Crippen molar-refractivity contribution in [2.75, 3.05) is 26.3 Å². The maximum atomic E-state index is 11.7. The van der Waals surface area contributed by atoms with Crippen LogP contribution in [-0.2, 0) is 18.2 Å². The van der Waals surface area contributed by atoms with Crippen LogP contribution in [0.1, 0.15) is 13.8 Å². The van der Waals surface area contributed by atoms with Crippen LogP contribution in [0.4, 0.5) is 4.79 Å². The maximum absolute atomic E-state index is 11.7. The summed E-state index contributed by atoms with van der Waals surface area (Å²) in [5.41, 5.74) is 0. The summed E-state index contributed by atoms with van der Waals surface area (Å²) in [7, 11) is -6.43. The molecule has 8 nitrogen and oxygen atoms in total. The minimum Gasteiger partial charge on any atom is -0.308 e. The minimum atomic E-state index is -4.13. The van der Waals surface area contributed by atoms with Crippen molar-refractivity contribution >= 4 is 22.0 Å². The predicted molar refractivity (Wildman–Crippen MR) is 59.5 cm³/mol. The molecule has 10 heteroatoms. The number of urea groups is 1. The van der Waals surface area contributed by atoms with Gasteiger partial charge in [-0.05, 0) is 18.4 Å². The Balaban J connectivity index is 2.73. The highest BCUT2D eigenvalue weighted by atomic mass is 31.2. The van der Waals surface area contributed by atoms with E-state index in [1.54, 1.807) is 13.8 Å². The summed E-state index contributed by atoms with van der Waals surface area (Å²) >= 11 is 0. The van der Waals surface area contributed by atoms with E-state index in [0.717, 1.165) is 4.67 Å². The standard InChI is InChI=1S/C7H14N2O6P2/c1-3-14-16(11)8-5-6-9(7(8)10)17(12,13)15-4-2/h3-6H2,1-2H3/p+1. The van der Waals surface area contributed by atoms with Gasteiger partial charge < -0.3 is 4.89 Å². The molecule has 1 heterocycles. The summed E-state index contributed by atoms with van der Waals surface area (Å²) in [4.78, 5) is 21.2. The first-order valence-corrected chi connectivity index (χ1v) is 7.77. The molecule has 0 aromatic rings. The van der Waals surface area contributed by atoms with Gasteiger partial charge in [0.15, 0.2) is 0 Å². The first kappa shape index (κ1) is 14.5. The lowest BCUT2D eigenvalue weighted by atomic mass is 10.7. The topological polar surface area (TPSA) is 96.4 Å². The van der Waals surface area contributed by atoms with Crippen LogP contribution in [0.3, 0.4) is 0 Å². The van der Waals surface area contributed by atoms with E-state index in [1.807, 2.05) is 0 Å². The Labute approximate surface area is 100.0 Å². The lowest BCUT2D eigenvalue weighted by Crippen LogP contribution is -2.26. The smallest absolute Gasteiger partial charge is 0.308 e. The largest absolute Gasteiger partial charge is 0.650 e. The molecule has 0 bridgehead atoms. The lowest BCUT2D eigenvalue weighted by molar-refractivity contribution is 0.197. The van der Waals surface area contributed by atoms with Crippen molar-refractivity contribution in [1.82, 2.24) is 9.34 Å². The number of hydrogen-bond donors (Lipinski definition) is 1. The fourth-order valence-corrected chi connectivity index (χ4v) is 3.39. The highest BCUT2D eigenvalue weighted by Crippen LogP contribution is 2.50. The van der Waals surface area contributed by atoms with Gasteiger partial charge in [-0.25, -0.2) is 14.0 Å². The van der Waals surface area contributed by atoms with Gasteiger partial charge in [-0.15, -0.1) is 4.52 Å². The van der Waals surface area contributed by atoms with Crippen LogP contribution >= 0.6 is 15.9 Å². The van der Waals surface area contributed by atoms with Crippen molar-refractivity contribution in [1.29, 1.82) is 0 Å². The van der Waals surface area contributed by atoms with Gasteiger partial charge in [-0.3, -0.25) is 4.52 Å². The highest BCUT2D eigenvalue weighted by molar-refractivity contribution is 7.51. The van der Waals surface area contributed by atoms with Gasteiger partial charge in [0.25, 0.3) is 0 Å². The second-order valence-corrected chi connectivity index (χ2v) is 6.03. The number of carbonyl (C=O) groups excluding carboxylic acids is 1. The van der Waals surface area contributed by atoms with Crippen molar-refractivity contribution in [2.45, 2.75) is 13.8 Å². The number of hydrogen-bond acceptors (Lipinski definition) is 5. The van der Waals surface area contributed by atoms with E-state index in [-0.39, 0.29) is 26.3 Å². The molecular weight excluding hydrogens is 270 g/mol. The third kappa shape index (κ3) is 3.24. The Morgan fingerprint density at radius 2 is 2.06 bits per heavy atom. The molecule has 0 aromatic carbocycles. The van der Waals surface area contributed by atoms with E-state index in [0.29, 0.717) is 4.67 Å². The summed E-state index contributed by atoms with van der Waals surface area (Å²) < 4.78 is 34.1. The quantitative estimate of drug-likeness (QED) is 0.744. The summed E-state index contributed by atoms with van der Waals surface area (Å²) in [6, 6.07) is -0.807. The molecule has 2 amide bonds. The summed E-state index contributed by atoms with van der Waals surface area (Å²) in [6.07, 6.45) is 0. The Bertz CT molecular complexity index is 362. The van der Waals surface area contributed by atoms with E-state index in [4.69, 9.17) is 4.52 Å². The molecule has 1 rings (SSSR count). The van der Waals surface area contributed by atoms with Crippen molar-refractivity contribution in [3.05, 3.63) is 0 Å². The Kier molecular flexibility index (Phi) is 5.04. The third-order valence-electron chi connectivity index (χ3n) is 2.00. The molecule has 0 spiro atoms. The molecule has 1 N–H and O–H groups in total. The van der Waals surface area contributed by atoms with Gasteiger partial charge in [0.05, 0.1) is 19.7 Å². The monoisotopic (exact) mass is 285 g/mol. The molecule has 0 aromatic heterocycles. The molecule has 1 fully saturated rings. The van der Waals surface area contributed by atoms with Gasteiger partial charge in [0.1, 0.15) is 6.61 Å². The second kappa shape index (κ2) is 5.89. The molecule has 1 aliphatic heterocycles. The molecule has 1 saturated heterocycles. The van der Waals surface area contributed by atoms with Gasteiger partial charge in [-0.2, -0.15) is 0 Å². The van der Waals surface area contributed by atoms with Crippen LogP contribution in [-0.4, -0.2) is 46.6 Å². The molecule has 0 aliphatic carbocycles. The first-order chi connectivity index (χ1) is 7.94. The molecule has 1 aliphatic rings. The SMILES string of the molecule is CCO[P+](=O)N1CCN(P(=O)(O)OCC)C1=O. The van der Waals surface area contributed by atoms with Crippen LogP contribution < -0.4 is 0 Å². The van der Waals surface area contributed by atoms with Gasteiger partial charge in [0, 0.05) is 0 Å². The Hall–Kier alpha value is -0.520. The number of amides is 2. The molecule has 98 valence electrons. The fourth-order valence-electron chi connectivity index (χ4n) is 1.32. The van der Waals surface area contributed by atoms with Crippen LogP contribution in [0.15, 0.2) is 0 Å². The van der Waals surface area contributed by atoms with E-state index in [1.165, 1.54) is 0 Å². The number of nitrogens with zero attached hydrogens (tertiary/aromatic N) is 2.